The van der Waals surface area contributed by atoms with E-state index in [1.54, 1.807) is 0 Å². The Bertz CT molecular complexity index is 663. The van der Waals surface area contributed by atoms with E-state index in [0.29, 0.717) is 5.69 Å². The number of nitrogens with one attached hydrogen (secondary N) is 2. The predicted molar refractivity (Wildman–Crippen MR) is 78.7 cm³/mol. The van der Waals surface area contributed by atoms with Gasteiger partial charge in [0, 0.05) is 4.47 Å². The lowest BCUT2D eigenvalue weighted by Crippen LogP contribution is -2.12. The van der Waals surface area contributed by atoms with E-state index in [2.05, 4.69) is 36.6 Å². The van der Waals surface area contributed by atoms with Crippen molar-refractivity contribution in [3.63, 3.8) is 0 Å². The van der Waals surface area contributed by atoms with Crippen LogP contribution in [0.25, 0.3) is 0 Å². The summed E-state index contributed by atoms with van der Waals surface area (Å²) < 4.78 is 0.762. The van der Waals surface area contributed by atoms with Crippen LogP contribution in [0.3, 0.4) is 0 Å². The fourth-order valence-corrected chi connectivity index (χ4v) is 1.88. The number of hydrogen-bond acceptors (Lipinski definition) is 7. The molecule has 2 rings (SSSR count). The molecule has 0 unspecified atom stereocenters. The average Bonchev–Trinajstić information content (AvgIpc) is 2.42. The van der Waals surface area contributed by atoms with Gasteiger partial charge in [0.2, 0.25) is 11.8 Å². The summed E-state index contributed by atoms with van der Waals surface area (Å²) >= 11 is 3.37. The van der Waals surface area contributed by atoms with Crippen LogP contribution < -0.4 is 16.6 Å². The summed E-state index contributed by atoms with van der Waals surface area (Å²) in [6.07, 6.45) is 1.09. The van der Waals surface area contributed by atoms with Crippen molar-refractivity contribution >= 4 is 39.1 Å². The first kappa shape index (κ1) is 14.2. The van der Waals surface area contributed by atoms with E-state index in [-0.39, 0.29) is 17.5 Å². The van der Waals surface area contributed by atoms with Crippen LogP contribution in [-0.4, -0.2) is 14.9 Å². The summed E-state index contributed by atoms with van der Waals surface area (Å²) in [6.45, 7) is 1.92. The molecule has 0 aliphatic rings. The Kier molecular flexibility index (Phi) is 4.11. The molecule has 0 bridgehead atoms. The zero-order chi connectivity index (χ0) is 14.7. The second-order valence-corrected chi connectivity index (χ2v) is 4.79. The minimum Gasteiger partial charge on any atom is -0.333 e. The highest BCUT2D eigenvalue weighted by atomic mass is 79.9. The lowest BCUT2D eigenvalue weighted by Gasteiger charge is -2.09. The van der Waals surface area contributed by atoms with E-state index in [9.17, 15) is 10.1 Å². The number of halogens is 1. The van der Waals surface area contributed by atoms with Gasteiger partial charge < -0.3 is 5.32 Å². The van der Waals surface area contributed by atoms with Gasteiger partial charge in [-0.05, 0) is 40.5 Å². The van der Waals surface area contributed by atoms with Crippen LogP contribution in [0.4, 0.5) is 23.1 Å². The van der Waals surface area contributed by atoms with Gasteiger partial charge in [-0.3, -0.25) is 15.5 Å². The number of hydrazine groups is 1. The number of hydrogen-bond donors (Lipinski definition) is 3. The fourth-order valence-electron chi connectivity index (χ4n) is 1.53. The third-order valence-corrected chi connectivity index (χ3v) is 3.16. The van der Waals surface area contributed by atoms with Crippen molar-refractivity contribution in [1.82, 2.24) is 9.97 Å². The first-order valence-corrected chi connectivity index (χ1v) is 6.32. The molecule has 9 heteroatoms. The molecule has 1 aromatic heterocycles. The zero-order valence-electron chi connectivity index (χ0n) is 10.4. The standard InChI is InChI=1S/C11H11BrN6O2/c1-6-2-3-7(12)8(4-6)15-10-9(18(19)20)5-14-11(16-10)17-13/h2-5H,13H2,1H3,(H2,14,15,16,17). The van der Waals surface area contributed by atoms with E-state index in [4.69, 9.17) is 5.84 Å². The molecule has 1 aromatic carbocycles. The Morgan fingerprint density at radius 3 is 2.85 bits per heavy atom. The molecule has 0 spiro atoms. The summed E-state index contributed by atoms with van der Waals surface area (Å²) in [5, 5.41) is 13.9. The lowest BCUT2D eigenvalue weighted by atomic mass is 10.2. The van der Waals surface area contributed by atoms with Gasteiger partial charge in [0.25, 0.3) is 0 Å². The smallest absolute Gasteiger partial charge is 0.329 e. The molecule has 20 heavy (non-hydrogen) atoms. The lowest BCUT2D eigenvalue weighted by molar-refractivity contribution is -0.384. The third kappa shape index (κ3) is 3.00. The number of anilines is 3. The second-order valence-electron chi connectivity index (χ2n) is 3.94. The number of nitro groups is 1. The van der Waals surface area contributed by atoms with Gasteiger partial charge in [0.05, 0.1) is 10.6 Å². The van der Waals surface area contributed by atoms with Crippen molar-refractivity contribution in [3.8, 4) is 0 Å². The fraction of sp³-hybridized carbons (Fsp3) is 0.0909. The summed E-state index contributed by atoms with van der Waals surface area (Å²) in [6, 6.07) is 5.59. The highest BCUT2D eigenvalue weighted by Gasteiger charge is 2.18. The second kappa shape index (κ2) is 5.80. The molecule has 0 saturated carbocycles. The number of rotatable bonds is 4. The molecule has 104 valence electrons. The Morgan fingerprint density at radius 2 is 2.20 bits per heavy atom. The highest BCUT2D eigenvalue weighted by Crippen LogP contribution is 2.30. The van der Waals surface area contributed by atoms with Crippen molar-refractivity contribution in [2.24, 2.45) is 5.84 Å². The van der Waals surface area contributed by atoms with Gasteiger partial charge in [-0.2, -0.15) is 4.98 Å². The molecule has 8 nitrogen and oxygen atoms in total. The van der Waals surface area contributed by atoms with Crippen LogP contribution in [0, 0.1) is 17.0 Å². The third-order valence-electron chi connectivity index (χ3n) is 2.47. The molecule has 4 N–H and O–H groups in total. The quantitative estimate of drug-likeness (QED) is 0.445. The van der Waals surface area contributed by atoms with Crippen LogP contribution in [0.15, 0.2) is 28.9 Å². The van der Waals surface area contributed by atoms with Gasteiger partial charge in [-0.15, -0.1) is 0 Å². The van der Waals surface area contributed by atoms with Gasteiger partial charge in [-0.25, -0.2) is 10.8 Å². The molecule has 0 atom stereocenters. The molecule has 0 fully saturated rings. The maximum atomic E-state index is 11.0. The van der Waals surface area contributed by atoms with Crippen LogP contribution in [0.2, 0.25) is 0 Å². The highest BCUT2D eigenvalue weighted by molar-refractivity contribution is 9.10. The number of aryl methyl sites for hydroxylation is 1. The summed E-state index contributed by atoms with van der Waals surface area (Å²) in [5.41, 5.74) is 3.68. The SMILES string of the molecule is Cc1ccc(Br)c(Nc2nc(NN)ncc2[N+](=O)[O-])c1. The molecular weight excluding hydrogens is 328 g/mol. The van der Waals surface area contributed by atoms with Gasteiger partial charge in [-0.1, -0.05) is 6.07 Å². The molecule has 1 heterocycles. The van der Waals surface area contributed by atoms with E-state index >= 15 is 0 Å². The summed E-state index contributed by atoms with van der Waals surface area (Å²) in [7, 11) is 0. The van der Waals surface area contributed by atoms with E-state index < -0.39 is 4.92 Å². The normalized spacial score (nSPS) is 10.2. The topological polar surface area (TPSA) is 119 Å². The number of nitrogen functional groups attached to an aromatic ring is 1. The predicted octanol–water partition coefficient (Wildman–Crippen LogP) is 2.48. The monoisotopic (exact) mass is 338 g/mol. The maximum Gasteiger partial charge on any atom is 0.329 e. The molecule has 0 amide bonds. The van der Waals surface area contributed by atoms with Crippen molar-refractivity contribution in [3.05, 3.63) is 44.5 Å². The van der Waals surface area contributed by atoms with E-state index in [0.717, 1.165) is 16.2 Å². The molecule has 0 saturated heterocycles. The Morgan fingerprint density at radius 1 is 1.45 bits per heavy atom. The van der Waals surface area contributed by atoms with Crippen LogP contribution in [-0.2, 0) is 0 Å². The summed E-state index contributed by atoms with van der Waals surface area (Å²) in [4.78, 5) is 18.1. The molecule has 0 radical (unpaired) electrons. The number of aromatic nitrogens is 2. The molecular formula is C11H11BrN6O2. The first-order valence-electron chi connectivity index (χ1n) is 5.52. The molecule has 0 aliphatic heterocycles. The van der Waals surface area contributed by atoms with Gasteiger partial charge in [0.15, 0.2) is 0 Å². The Hall–Kier alpha value is -2.26. The minimum absolute atomic E-state index is 0.0595. The van der Waals surface area contributed by atoms with Crippen LogP contribution in [0.1, 0.15) is 5.56 Å². The maximum absolute atomic E-state index is 11.0. The minimum atomic E-state index is -0.563. The van der Waals surface area contributed by atoms with E-state index in [1.807, 2.05) is 25.1 Å². The summed E-state index contributed by atoms with van der Waals surface area (Å²) in [5.74, 6) is 5.35. The molecule has 2 aromatic rings. The Balaban J connectivity index is 2.45. The van der Waals surface area contributed by atoms with E-state index in [1.165, 1.54) is 0 Å². The Labute approximate surface area is 122 Å². The van der Waals surface area contributed by atoms with Crippen LogP contribution >= 0.6 is 15.9 Å². The zero-order valence-corrected chi connectivity index (χ0v) is 12.0. The van der Waals surface area contributed by atoms with Crippen LogP contribution in [0.5, 0.6) is 0 Å². The average molecular weight is 339 g/mol. The number of benzene rings is 1. The van der Waals surface area contributed by atoms with Crippen molar-refractivity contribution < 1.29 is 4.92 Å². The number of nitrogens with two attached hydrogens (primary N) is 1. The molecule has 0 aliphatic carbocycles. The number of nitrogens with zero attached hydrogens (tertiary/aromatic N) is 3. The first-order chi connectivity index (χ1) is 9.51. The largest absolute Gasteiger partial charge is 0.333 e. The van der Waals surface area contributed by atoms with Gasteiger partial charge >= 0.3 is 5.69 Å². The van der Waals surface area contributed by atoms with Gasteiger partial charge in [0.1, 0.15) is 6.20 Å². The van der Waals surface area contributed by atoms with Crippen molar-refractivity contribution in [2.45, 2.75) is 6.92 Å². The van der Waals surface area contributed by atoms with Crippen molar-refractivity contribution in [1.29, 1.82) is 0 Å². The van der Waals surface area contributed by atoms with Crippen molar-refractivity contribution in [2.75, 3.05) is 10.7 Å².